The molecule has 1 amide bonds. The van der Waals surface area contributed by atoms with Crippen molar-refractivity contribution in [2.75, 3.05) is 49.5 Å². The van der Waals surface area contributed by atoms with E-state index in [0.717, 1.165) is 43.3 Å². The fourth-order valence-corrected chi connectivity index (χ4v) is 3.37. The average molecular weight is 367 g/mol. The summed E-state index contributed by atoms with van der Waals surface area (Å²) in [5.41, 5.74) is 4.43. The number of nitrogens with one attached hydrogen (secondary N) is 1. The first kappa shape index (κ1) is 19.2. The fraction of sp³-hybridized carbons (Fsp3) is 0.409. The topological polar surface area (TPSA) is 44.8 Å². The molecule has 3 rings (SSSR count). The summed E-state index contributed by atoms with van der Waals surface area (Å²) in [5, 5.41) is 3.01. The Hall–Kier alpha value is -2.53. The Labute approximate surface area is 161 Å². The highest BCUT2D eigenvalue weighted by molar-refractivity contribution is 5.92. The van der Waals surface area contributed by atoms with Gasteiger partial charge in [-0.2, -0.15) is 0 Å². The molecule has 0 aromatic heterocycles. The van der Waals surface area contributed by atoms with Gasteiger partial charge in [0, 0.05) is 31.9 Å². The molecule has 1 saturated heterocycles. The van der Waals surface area contributed by atoms with Crippen molar-refractivity contribution in [1.29, 1.82) is 0 Å². The van der Waals surface area contributed by atoms with Crippen molar-refractivity contribution in [3.63, 3.8) is 0 Å². The molecule has 27 heavy (non-hydrogen) atoms. The zero-order chi connectivity index (χ0) is 19.2. The summed E-state index contributed by atoms with van der Waals surface area (Å²) < 4.78 is 5.75. The summed E-state index contributed by atoms with van der Waals surface area (Å²) in [6, 6.07) is 14.2. The Morgan fingerprint density at radius 3 is 2.48 bits per heavy atom. The monoisotopic (exact) mass is 367 g/mol. The number of ether oxygens (including phenoxy) is 1. The van der Waals surface area contributed by atoms with Gasteiger partial charge in [-0.3, -0.25) is 9.69 Å². The summed E-state index contributed by atoms with van der Waals surface area (Å²) in [4.78, 5) is 16.9. The first-order valence-electron chi connectivity index (χ1n) is 9.63. The molecule has 5 heteroatoms. The molecular formula is C22H29N3O2. The van der Waals surface area contributed by atoms with Gasteiger partial charge in [0.1, 0.15) is 5.75 Å². The maximum absolute atomic E-state index is 12.4. The highest BCUT2D eigenvalue weighted by Gasteiger charge is 2.21. The summed E-state index contributed by atoms with van der Waals surface area (Å²) >= 11 is 0. The van der Waals surface area contributed by atoms with Crippen molar-refractivity contribution in [1.82, 2.24) is 4.90 Å². The third-order valence-corrected chi connectivity index (χ3v) is 5.04. The SMILES string of the molecule is CCOc1ccccc1N1CCN(CC(=O)Nc2ccc(C)c(C)c2)CC1. The van der Waals surface area contributed by atoms with Crippen LogP contribution in [0.5, 0.6) is 5.75 Å². The van der Waals surface area contributed by atoms with Crippen molar-refractivity contribution in [2.45, 2.75) is 20.8 Å². The Balaban J connectivity index is 1.52. The standard InChI is InChI=1S/C22H29N3O2/c1-4-27-21-8-6-5-7-20(21)25-13-11-24(12-14-25)16-22(26)23-19-10-9-17(2)18(3)15-19/h5-10,15H,4,11-14,16H2,1-3H3,(H,23,26). The second-order valence-corrected chi connectivity index (χ2v) is 7.01. The van der Waals surface area contributed by atoms with Crippen LogP contribution in [0.1, 0.15) is 18.1 Å². The van der Waals surface area contributed by atoms with Gasteiger partial charge in [0.15, 0.2) is 0 Å². The maximum atomic E-state index is 12.4. The van der Waals surface area contributed by atoms with Crippen LogP contribution in [0, 0.1) is 13.8 Å². The van der Waals surface area contributed by atoms with Crippen molar-refractivity contribution in [3.05, 3.63) is 53.6 Å². The highest BCUT2D eigenvalue weighted by Crippen LogP contribution is 2.28. The molecule has 0 saturated carbocycles. The number of anilines is 2. The van der Waals surface area contributed by atoms with Gasteiger partial charge in [0.05, 0.1) is 18.8 Å². The second-order valence-electron chi connectivity index (χ2n) is 7.01. The lowest BCUT2D eigenvalue weighted by Gasteiger charge is -2.36. The number of piperazine rings is 1. The molecule has 5 nitrogen and oxygen atoms in total. The molecule has 0 atom stereocenters. The van der Waals surface area contributed by atoms with Crippen LogP contribution in [0.15, 0.2) is 42.5 Å². The lowest BCUT2D eigenvalue weighted by Crippen LogP contribution is -2.48. The molecule has 1 N–H and O–H groups in total. The van der Waals surface area contributed by atoms with Crippen LogP contribution in [0.4, 0.5) is 11.4 Å². The summed E-state index contributed by atoms with van der Waals surface area (Å²) in [5.74, 6) is 0.974. The lowest BCUT2D eigenvalue weighted by molar-refractivity contribution is -0.117. The summed E-state index contributed by atoms with van der Waals surface area (Å²) in [7, 11) is 0. The van der Waals surface area contributed by atoms with Crippen LogP contribution in [0.25, 0.3) is 0 Å². The average Bonchev–Trinajstić information content (AvgIpc) is 2.66. The third kappa shape index (κ3) is 5.01. The number of hydrogen-bond donors (Lipinski definition) is 1. The number of nitrogens with zero attached hydrogens (tertiary/aromatic N) is 2. The van der Waals surface area contributed by atoms with Gasteiger partial charge in [-0.05, 0) is 56.2 Å². The quantitative estimate of drug-likeness (QED) is 0.849. The van der Waals surface area contributed by atoms with E-state index in [9.17, 15) is 4.79 Å². The van der Waals surface area contributed by atoms with E-state index in [0.29, 0.717) is 13.2 Å². The van der Waals surface area contributed by atoms with Crippen LogP contribution >= 0.6 is 0 Å². The second kappa shape index (κ2) is 8.91. The number of amides is 1. The first-order chi connectivity index (χ1) is 13.1. The van der Waals surface area contributed by atoms with Crippen LogP contribution in [-0.4, -0.2) is 50.1 Å². The molecule has 144 valence electrons. The van der Waals surface area contributed by atoms with Crippen molar-refractivity contribution in [2.24, 2.45) is 0 Å². The van der Waals surface area contributed by atoms with E-state index in [1.165, 1.54) is 11.1 Å². The molecule has 0 unspecified atom stereocenters. The molecule has 2 aromatic rings. The molecule has 1 heterocycles. The normalized spacial score (nSPS) is 14.9. The largest absolute Gasteiger partial charge is 0.492 e. The minimum atomic E-state index is 0.0430. The Bertz CT molecular complexity index is 783. The molecule has 1 aliphatic rings. The van der Waals surface area contributed by atoms with Gasteiger partial charge in [0.2, 0.25) is 5.91 Å². The smallest absolute Gasteiger partial charge is 0.238 e. The van der Waals surface area contributed by atoms with Gasteiger partial charge in [-0.25, -0.2) is 0 Å². The number of carbonyl (C=O) groups excluding carboxylic acids is 1. The third-order valence-electron chi connectivity index (χ3n) is 5.04. The van der Waals surface area contributed by atoms with E-state index in [1.54, 1.807) is 0 Å². The van der Waals surface area contributed by atoms with Gasteiger partial charge < -0.3 is 15.0 Å². The van der Waals surface area contributed by atoms with Gasteiger partial charge in [-0.15, -0.1) is 0 Å². The minimum Gasteiger partial charge on any atom is -0.492 e. The van der Waals surface area contributed by atoms with Crippen LogP contribution in [0.2, 0.25) is 0 Å². The predicted octanol–water partition coefficient (Wildman–Crippen LogP) is 3.46. The molecule has 0 radical (unpaired) electrons. The van der Waals surface area contributed by atoms with Crippen LogP contribution < -0.4 is 15.0 Å². The van der Waals surface area contributed by atoms with E-state index >= 15 is 0 Å². The number of para-hydroxylation sites is 2. The van der Waals surface area contributed by atoms with E-state index in [4.69, 9.17) is 4.74 Å². The number of benzene rings is 2. The van der Waals surface area contributed by atoms with E-state index in [2.05, 4.69) is 35.0 Å². The van der Waals surface area contributed by atoms with Crippen LogP contribution in [-0.2, 0) is 4.79 Å². The Morgan fingerprint density at radius 1 is 1.04 bits per heavy atom. The summed E-state index contributed by atoms with van der Waals surface area (Å²) in [6.45, 7) is 10.7. The summed E-state index contributed by atoms with van der Waals surface area (Å²) in [6.07, 6.45) is 0. The Morgan fingerprint density at radius 2 is 1.78 bits per heavy atom. The molecule has 0 spiro atoms. The molecule has 0 aliphatic carbocycles. The minimum absolute atomic E-state index is 0.0430. The first-order valence-corrected chi connectivity index (χ1v) is 9.63. The van der Waals surface area contributed by atoms with Crippen molar-refractivity contribution in [3.8, 4) is 5.75 Å². The van der Waals surface area contributed by atoms with E-state index < -0.39 is 0 Å². The van der Waals surface area contributed by atoms with Gasteiger partial charge >= 0.3 is 0 Å². The van der Waals surface area contributed by atoms with Gasteiger partial charge in [0.25, 0.3) is 0 Å². The number of aryl methyl sites for hydroxylation is 2. The number of hydrogen-bond acceptors (Lipinski definition) is 4. The zero-order valence-electron chi connectivity index (χ0n) is 16.5. The molecule has 1 aliphatic heterocycles. The maximum Gasteiger partial charge on any atom is 0.238 e. The van der Waals surface area contributed by atoms with E-state index in [1.807, 2.05) is 43.3 Å². The van der Waals surface area contributed by atoms with E-state index in [-0.39, 0.29) is 5.91 Å². The molecule has 0 bridgehead atoms. The number of rotatable bonds is 6. The fourth-order valence-electron chi connectivity index (χ4n) is 3.37. The van der Waals surface area contributed by atoms with Gasteiger partial charge in [-0.1, -0.05) is 18.2 Å². The van der Waals surface area contributed by atoms with Crippen LogP contribution in [0.3, 0.4) is 0 Å². The number of carbonyl (C=O) groups is 1. The zero-order valence-corrected chi connectivity index (χ0v) is 16.5. The van der Waals surface area contributed by atoms with Crippen molar-refractivity contribution >= 4 is 17.3 Å². The molecule has 2 aromatic carbocycles. The predicted molar refractivity (Wildman–Crippen MR) is 111 cm³/mol. The molecule has 1 fully saturated rings. The van der Waals surface area contributed by atoms with Crippen molar-refractivity contribution < 1.29 is 9.53 Å². The Kier molecular flexibility index (Phi) is 6.35. The lowest BCUT2D eigenvalue weighted by atomic mass is 10.1. The molecular weight excluding hydrogens is 338 g/mol. The highest BCUT2D eigenvalue weighted by atomic mass is 16.5.